The van der Waals surface area contributed by atoms with E-state index in [9.17, 15) is 5.11 Å². The number of hydrogen-bond acceptors (Lipinski definition) is 3. The molecule has 2 rings (SSSR count). The minimum Gasteiger partial charge on any atom is -0.508 e. The lowest BCUT2D eigenvalue weighted by atomic mass is 9.82. The molecule has 3 nitrogen and oxygen atoms in total. The van der Waals surface area contributed by atoms with Crippen molar-refractivity contribution >= 4 is 0 Å². The molecule has 0 unspecified atom stereocenters. The van der Waals surface area contributed by atoms with Crippen LogP contribution in [0.5, 0.6) is 5.75 Å². The second-order valence-electron chi connectivity index (χ2n) is 5.38. The van der Waals surface area contributed by atoms with E-state index < -0.39 is 0 Å². The van der Waals surface area contributed by atoms with Gasteiger partial charge in [0.1, 0.15) is 5.75 Å². The van der Waals surface area contributed by atoms with Gasteiger partial charge >= 0.3 is 0 Å². The summed E-state index contributed by atoms with van der Waals surface area (Å²) in [6.45, 7) is 7.21. The Hall–Kier alpha value is -1.06. The van der Waals surface area contributed by atoms with E-state index >= 15 is 0 Å². The maximum Gasteiger partial charge on any atom is 0.120 e. The van der Waals surface area contributed by atoms with Crippen molar-refractivity contribution in [3.8, 4) is 5.75 Å². The summed E-state index contributed by atoms with van der Waals surface area (Å²) in [5.41, 5.74) is 2.19. The Morgan fingerprint density at radius 2 is 2.06 bits per heavy atom. The fraction of sp³-hybridized carbons (Fsp3) is 0.538. The number of phenolic OH excluding ortho intramolecular Hbond substituents is 1. The van der Waals surface area contributed by atoms with Crippen molar-refractivity contribution in [1.29, 1.82) is 0 Å². The van der Waals surface area contributed by atoms with E-state index in [1.54, 1.807) is 13.2 Å². The number of hydrogen-bond donors (Lipinski definition) is 1. The van der Waals surface area contributed by atoms with E-state index in [0.29, 0.717) is 5.75 Å². The van der Waals surface area contributed by atoms with Crippen LogP contribution < -0.4 is 0 Å². The molecule has 1 aliphatic rings. The summed E-state index contributed by atoms with van der Waals surface area (Å²) in [5.74, 6) is 0.372. The maximum atomic E-state index is 10.00. The van der Waals surface area contributed by atoms with Crippen LogP contribution >= 0.6 is 0 Å². The molecule has 16 heavy (non-hydrogen) atoms. The fourth-order valence-electron chi connectivity index (χ4n) is 2.49. The van der Waals surface area contributed by atoms with E-state index in [4.69, 9.17) is 4.84 Å². The Balaban J connectivity index is 2.52. The van der Waals surface area contributed by atoms with Gasteiger partial charge in [0.25, 0.3) is 0 Å². The molecule has 3 heteroatoms. The Morgan fingerprint density at radius 1 is 1.38 bits per heavy atom. The van der Waals surface area contributed by atoms with Crippen LogP contribution in [0.25, 0.3) is 0 Å². The van der Waals surface area contributed by atoms with Crippen LogP contribution in [0.3, 0.4) is 0 Å². The normalized spacial score (nSPS) is 21.1. The summed E-state index contributed by atoms with van der Waals surface area (Å²) in [5, 5.41) is 11.9. The lowest BCUT2D eigenvalue weighted by Gasteiger charge is -2.34. The Kier molecular flexibility index (Phi) is 2.68. The highest BCUT2D eigenvalue weighted by molar-refractivity contribution is 5.44. The van der Waals surface area contributed by atoms with Gasteiger partial charge in [-0.3, -0.25) is 0 Å². The molecule has 1 aromatic carbocycles. The van der Waals surface area contributed by atoms with Crippen LogP contribution in [0.4, 0.5) is 0 Å². The van der Waals surface area contributed by atoms with Crippen LogP contribution in [-0.2, 0) is 11.4 Å². The third kappa shape index (κ3) is 1.70. The van der Waals surface area contributed by atoms with Gasteiger partial charge in [-0.05, 0) is 17.0 Å². The lowest BCUT2D eigenvalue weighted by molar-refractivity contribution is -0.183. The first kappa shape index (κ1) is 11.4. The van der Waals surface area contributed by atoms with Gasteiger partial charge in [0, 0.05) is 5.56 Å². The van der Waals surface area contributed by atoms with E-state index in [1.165, 1.54) is 0 Å². The predicted octanol–water partition coefficient (Wildman–Crippen LogP) is 2.86. The molecule has 1 N–H and O–H groups in total. The molecule has 0 radical (unpaired) electrons. The first-order valence-corrected chi connectivity index (χ1v) is 5.56. The standard InChI is InChI=1S/C13H19NO2/c1-13(2,3)12-11-9(8-14(12)16-4)6-5-7-10(11)15/h5-7,12,15H,8H2,1-4H3/t12-/m1/s1. The fourth-order valence-corrected chi connectivity index (χ4v) is 2.49. The molecule has 0 bridgehead atoms. The summed E-state index contributed by atoms with van der Waals surface area (Å²) >= 11 is 0. The summed E-state index contributed by atoms with van der Waals surface area (Å²) < 4.78 is 0. The molecule has 1 aromatic rings. The quantitative estimate of drug-likeness (QED) is 0.791. The molecule has 0 fully saturated rings. The van der Waals surface area contributed by atoms with Crippen LogP contribution in [0.15, 0.2) is 18.2 Å². The predicted molar refractivity (Wildman–Crippen MR) is 62.9 cm³/mol. The van der Waals surface area contributed by atoms with Gasteiger partial charge in [0.05, 0.1) is 19.7 Å². The van der Waals surface area contributed by atoms with Gasteiger partial charge in [-0.25, -0.2) is 0 Å². The minimum absolute atomic E-state index is 0.0279. The summed E-state index contributed by atoms with van der Waals surface area (Å²) in [7, 11) is 1.68. The molecule has 1 atom stereocenters. The molecule has 0 aliphatic carbocycles. The largest absolute Gasteiger partial charge is 0.508 e. The molecule has 1 heterocycles. The van der Waals surface area contributed by atoms with Crippen molar-refractivity contribution in [2.75, 3.05) is 7.11 Å². The highest BCUT2D eigenvalue weighted by Gasteiger charge is 2.40. The number of benzene rings is 1. The molecule has 0 saturated carbocycles. The van der Waals surface area contributed by atoms with Crippen molar-refractivity contribution in [2.24, 2.45) is 5.41 Å². The van der Waals surface area contributed by atoms with Crippen LogP contribution in [0.1, 0.15) is 37.9 Å². The molecule has 0 saturated heterocycles. The van der Waals surface area contributed by atoms with Gasteiger partial charge < -0.3 is 9.94 Å². The molecule has 0 spiro atoms. The molecular weight excluding hydrogens is 202 g/mol. The SMILES string of the molecule is CON1Cc2cccc(O)c2[C@@H]1C(C)(C)C. The molecule has 0 amide bonds. The van der Waals surface area contributed by atoms with Gasteiger partial charge in [-0.1, -0.05) is 32.9 Å². The highest BCUT2D eigenvalue weighted by Crippen LogP contribution is 2.48. The zero-order valence-electron chi connectivity index (χ0n) is 10.3. The monoisotopic (exact) mass is 221 g/mol. The number of fused-ring (bicyclic) bond motifs is 1. The summed E-state index contributed by atoms with van der Waals surface area (Å²) in [6.07, 6.45) is 0. The van der Waals surface area contributed by atoms with Crippen molar-refractivity contribution in [3.63, 3.8) is 0 Å². The van der Waals surface area contributed by atoms with Crippen molar-refractivity contribution in [1.82, 2.24) is 5.06 Å². The van der Waals surface area contributed by atoms with Gasteiger partial charge in [0.15, 0.2) is 0 Å². The van der Waals surface area contributed by atoms with E-state index in [2.05, 4.69) is 20.8 Å². The summed E-state index contributed by atoms with van der Waals surface area (Å²) in [6, 6.07) is 5.78. The minimum atomic E-state index is 0.0279. The second kappa shape index (κ2) is 3.75. The van der Waals surface area contributed by atoms with Crippen molar-refractivity contribution < 1.29 is 9.94 Å². The average Bonchev–Trinajstić information content (AvgIpc) is 2.57. The van der Waals surface area contributed by atoms with Crippen LogP contribution in [-0.4, -0.2) is 17.3 Å². The van der Waals surface area contributed by atoms with Gasteiger partial charge in [-0.15, -0.1) is 0 Å². The number of phenols is 1. The number of aromatic hydroxyl groups is 1. The van der Waals surface area contributed by atoms with E-state index in [-0.39, 0.29) is 11.5 Å². The third-order valence-corrected chi connectivity index (χ3v) is 3.12. The Bertz CT molecular complexity index is 395. The van der Waals surface area contributed by atoms with Crippen LogP contribution in [0.2, 0.25) is 0 Å². The molecule has 88 valence electrons. The maximum absolute atomic E-state index is 10.00. The molecular formula is C13H19NO2. The first-order chi connectivity index (χ1) is 7.45. The number of rotatable bonds is 1. The lowest BCUT2D eigenvalue weighted by Crippen LogP contribution is -2.30. The Labute approximate surface area is 96.6 Å². The van der Waals surface area contributed by atoms with Gasteiger partial charge in [0.2, 0.25) is 0 Å². The molecule has 1 aliphatic heterocycles. The second-order valence-corrected chi connectivity index (χ2v) is 5.38. The molecule has 0 aromatic heterocycles. The van der Waals surface area contributed by atoms with Crippen molar-refractivity contribution in [2.45, 2.75) is 33.4 Å². The highest BCUT2D eigenvalue weighted by atomic mass is 16.7. The Morgan fingerprint density at radius 3 is 2.62 bits per heavy atom. The summed E-state index contributed by atoms with van der Waals surface area (Å²) in [4.78, 5) is 5.41. The average molecular weight is 221 g/mol. The smallest absolute Gasteiger partial charge is 0.120 e. The van der Waals surface area contributed by atoms with E-state index in [1.807, 2.05) is 17.2 Å². The van der Waals surface area contributed by atoms with E-state index in [0.717, 1.165) is 17.7 Å². The van der Waals surface area contributed by atoms with Crippen LogP contribution in [0, 0.1) is 5.41 Å². The number of hydroxylamine groups is 2. The first-order valence-electron chi connectivity index (χ1n) is 5.56. The van der Waals surface area contributed by atoms with Gasteiger partial charge in [-0.2, -0.15) is 5.06 Å². The zero-order chi connectivity index (χ0) is 11.9. The van der Waals surface area contributed by atoms with Crippen molar-refractivity contribution in [3.05, 3.63) is 29.3 Å². The third-order valence-electron chi connectivity index (χ3n) is 3.12. The number of nitrogens with zero attached hydrogens (tertiary/aromatic N) is 1. The topological polar surface area (TPSA) is 32.7 Å². The zero-order valence-corrected chi connectivity index (χ0v) is 10.3.